The van der Waals surface area contributed by atoms with Crippen LogP contribution >= 0.6 is 0 Å². The van der Waals surface area contributed by atoms with Crippen LogP contribution in [0.2, 0.25) is 0 Å². The molecule has 0 aliphatic carbocycles. The SMILES string of the molecule is O=C(CN1CCCC1=O)Nc1ccc(F)nc1. The standard InChI is InChI=1S/C11H12FN3O2/c12-9-4-3-8(6-13-9)14-10(16)7-15-5-1-2-11(15)17/h3-4,6H,1-2,5,7H2,(H,14,16). The molecule has 5 nitrogen and oxygen atoms in total. The molecule has 1 N–H and O–H groups in total. The van der Waals surface area contributed by atoms with Crippen LogP contribution in [0.25, 0.3) is 0 Å². The lowest BCUT2D eigenvalue weighted by atomic mass is 10.4. The van der Waals surface area contributed by atoms with Gasteiger partial charge < -0.3 is 10.2 Å². The molecule has 1 saturated heterocycles. The highest BCUT2D eigenvalue weighted by molar-refractivity contribution is 5.94. The summed E-state index contributed by atoms with van der Waals surface area (Å²) in [6.07, 6.45) is 2.54. The highest BCUT2D eigenvalue weighted by atomic mass is 19.1. The summed E-state index contributed by atoms with van der Waals surface area (Å²) in [6.45, 7) is 0.657. The lowest BCUT2D eigenvalue weighted by molar-refractivity contribution is -0.131. The Morgan fingerprint density at radius 2 is 2.35 bits per heavy atom. The van der Waals surface area contributed by atoms with Gasteiger partial charge in [0.15, 0.2) is 0 Å². The van der Waals surface area contributed by atoms with Crippen molar-refractivity contribution in [3.8, 4) is 0 Å². The van der Waals surface area contributed by atoms with Crippen LogP contribution < -0.4 is 5.32 Å². The fourth-order valence-corrected chi connectivity index (χ4v) is 1.69. The summed E-state index contributed by atoms with van der Waals surface area (Å²) in [5.74, 6) is -0.899. The Kier molecular flexibility index (Phi) is 3.32. The van der Waals surface area contributed by atoms with E-state index < -0.39 is 5.95 Å². The van der Waals surface area contributed by atoms with Crippen LogP contribution in [0.4, 0.5) is 10.1 Å². The molecule has 6 heteroatoms. The quantitative estimate of drug-likeness (QED) is 0.790. The molecule has 2 heterocycles. The van der Waals surface area contributed by atoms with Gasteiger partial charge in [0.25, 0.3) is 0 Å². The van der Waals surface area contributed by atoms with Gasteiger partial charge in [-0.1, -0.05) is 0 Å². The number of nitrogens with one attached hydrogen (secondary N) is 1. The molecule has 1 aliphatic heterocycles. The van der Waals surface area contributed by atoms with Crippen LogP contribution in [-0.4, -0.2) is 34.8 Å². The number of amides is 2. The maximum Gasteiger partial charge on any atom is 0.244 e. The summed E-state index contributed by atoms with van der Waals surface area (Å²) in [4.78, 5) is 27.8. The molecule has 0 unspecified atom stereocenters. The lowest BCUT2D eigenvalue weighted by Crippen LogP contribution is -2.33. The van der Waals surface area contributed by atoms with Crippen molar-refractivity contribution < 1.29 is 14.0 Å². The fraction of sp³-hybridized carbons (Fsp3) is 0.364. The topological polar surface area (TPSA) is 62.3 Å². The Morgan fingerprint density at radius 1 is 1.53 bits per heavy atom. The van der Waals surface area contributed by atoms with Crippen LogP contribution in [0.5, 0.6) is 0 Å². The lowest BCUT2D eigenvalue weighted by Gasteiger charge is -2.14. The molecule has 17 heavy (non-hydrogen) atoms. The van der Waals surface area contributed by atoms with E-state index in [-0.39, 0.29) is 18.4 Å². The third-order valence-electron chi connectivity index (χ3n) is 2.52. The summed E-state index contributed by atoms with van der Waals surface area (Å²) in [5.41, 5.74) is 0.419. The third-order valence-corrected chi connectivity index (χ3v) is 2.52. The number of pyridine rings is 1. The number of hydrogen-bond donors (Lipinski definition) is 1. The highest BCUT2D eigenvalue weighted by Crippen LogP contribution is 2.10. The predicted octanol–water partition coefficient (Wildman–Crippen LogP) is 0.782. The van der Waals surface area contributed by atoms with Gasteiger partial charge in [-0.3, -0.25) is 9.59 Å². The molecule has 2 rings (SSSR count). The average Bonchev–Trinajstić information content (AvgIpc) is 2.68. The van der Waals surface area contributed by atoms with Gasteiger partial charge in [0.05, 0.1) is 18.4 Å². The Bertz CT molecular complexity index is 433. The molecule has 0 bridgehead atoms. The van der Waals surface area contributed by atoms with Gasteiger partial charge in [0.2, 0.25) is 17.8 Å². The van der Waals surface area contributed by atoms with E-state index >= 15 is 0 Å². The summed E-state index contributed by atoms with van der Waals surface area (Å²) in [6, 6.07) is 2.59. The van der Waals surface area contributed by atoms with Gasteiger partial charge in [-0.2, -0.15) is 4.39 Å². The monoisotopic (exact) mass is 237 g/mol. The molecule has 0 saturated carbocycles. The number of halogens is 1. The molecule has 2 amide bonds. The number of likely N-dealkylation sites (tertiary alicyclic amines) is 1. The van der Waals surface area contributed by atoms with Gasteiger partial charge in [-0.25, -0.2) is 4.98 Å². The van der Waals surface area contributed by atoms with Crippen molar-refractivity contribution in [1.82, 2.24) is 9.88 Å². The zero-order valence-corrected chi connectivity index (χ0v) is 9.15. The first kappa shape index (κ1) is 11.5. The normalized spacial score (nSPS) is 15.1. The third kappa shape index (κ3) is 2.99. The van der Waals surface area contributed by atoms with Crippen LogP contribution in [0.1, 0.15) is 12.8 Å². The summed E-state index contributed by atoms with van der Waals surface area (Å²) >= 11 is 0. The first-order chi connectivity index (χ1) is 8.15. The average molecular weight is 237 g/mol. The van der Waals surface area contributed by atoms with E-state index in [1.807, 2.05) is 0 Å². The second-order valence-corrected chi connectivity index (χ2v) is 3.84. The van der Waals surface area contributed by atoms with Crippen LogP contribution in [0.15, 0.2) is 18.3 Å². The number of rotatable bonds is 3. The van der Waals surface area contributed by atoms with E-state index in [0.29, 0.717) is 18.7 Å². The van der Waals surface area contributed by atoms with Gasteiger partial charge >= 0.3 is 0 Å². The minimum absolute atomic E-state index is 0.00242. The Labute approximate surface area is 97.6 Å². The van der Waals surface area contributed by atoms with Crippen molar-refractivity contribution in [3.63, 3.8) is 0 Å². The Balaban J connectivity index is 1.88. The molecular formula is C11H12FN3O2. The highest BCUT2D eigenvalue weighted by Gasteiger charge is 2.22. The van der Waals surface area contributed by atoms with Crippen LogP contribution in [0, 0.1) is 5.95 Å². The molecule has 1 fully saturated rings. The van der Waals surface area contributed by atoms with E-state index in [1.54, 1.807) is 0 Å². The summed E-state index contributed by atoms with van der Waals surface area (Å²) in [7, 11) is 0. The molecule has 1 aromatic heterocycles. The second-order valence-electron chi connectivity index (χ2n) is 3.84. The number of carbonyl (C=O) groups is 2. The minimum atomic E-state index is -0.599. The number of nitrogens with zero attached hydrogens (tertiary/aromatic N) is 2. The molecule has 0 spiro atoms. The second kappa shape index (κ2) is 4.90. The van der Waals surface area contributed by atoms with Gasteiger partial charge in [0.1, 0.15) is 0 Å². The van der Waals surface area contributed by atoms with Gasteiger partial charge in [0, 0.05) is 13.0 Å². The van der Waals surface area contributed by atoms with Gasteiger partial charge in [-0.05, 0) is 18.6 Å². The largest absolute Gasteiger partial charge is 0.333 e. The van der Waals surface area contributed by atoms with Crippen molar-refractivity contribution in [3.05, 3.63) is 24.3 Å². The maximum atomic E-state index is 12.5. The molecule has 1 aromatic rings. The first-order valence-corrected chi connectivity index (χ1v) is 5.34. The number of aromatic nitrogens is 1. The molecule has 0 radical (unpaired) electrons. The summed E-state index contributed by atoms with van der Waals surface area (Å²) in [5, 5.41) is 2.55. The van der Waals surface area contributed by atoms with E-state index in [2.05, 4.69) is 10.3 Å². The van der Waals surface area contributed by atoms with Crippen molar-refractivity contribution >= 4 is 17.5 Å². The van der Waals surface area contributed by atoms with E-state index in [9.17, 15) is 14.0 Å². The zero-order chi connectivity index (χ0) is 12.3. The first-order valence-electron chi connectivity index (χ1n) is 5.34. The molecule has 1 aliphatic rings. The minimum Gasteiger partial charge on any atom is -0.333 e. The molecular weight excluding hydrogens is 225 g/mol. The summed E-state index contributed by atoms with van der Waals surface area (Å²) < 4.78 is 12.5. The van der Waals surface area contributed by atoms with Crippen LogP contribution in [0.3, 0.4) is 0 Å². The number of carbonyl (C=O) groups excluding carboxylic acids is 2. The van der Waals surface area contributed by atoms with Crippen molar-refractivity contribution in [1.29, 1.82) is 0 Å². The van der Waals surface area contributed by atoms with Crippen molar-refractivity contribution in [2.24, 2.45) is 0 Å². The Hall–Kier alpha value is -1.98. The maximum absolute atomic E-state index is 12.5. The van der Waals surface area contributed by atoms with E-state index in [0.717, 1.165) is 12.5 Å². The van der Waals surface area contributed by atoms with Crippen LogP contribution in [-0.2, 0) is 9.59 Å². The van der Waals surface area contributed by atoms with Gasteiger partial charge in [-0.15, -0.1) is 0 Å². The fourth-order valence-electron chi connectivity index (χ4n) is 1.69. The van der Waals surface area contributed by atoms with E-state index in [4.69, 9.17) is 0 Å². The zero-order valence-electron chi connectivity index (χ0n) is 9.15. The predicted molar refractivity (Wildman–Crippen MR) is 58.6 cm³/mol. The van der Waals surface area contributed by atoms with E-state index in [1.165, 1.54) is 17.2 Å². The van der Waals surface area contributed by atoms with Crippen molar-refractivity contribution in [2.75, 3.05) is 18.4 Å². The molecule has 0 aromatic carbocycles. The smallest absolute Gasteiger partial charge is 0.244 e. The van der Waals surface area contributed by atoms with Crippen molar-refractivity contribution in [2.45, 2.75) is 12.8 Å². The molecule has 0 atom stereocenters. The Morgan fingerprint density at radius 3 is 2.94 bits per heavy atom. The number of hydrogen-bond acceptors (Lipinski definition) is 3. The number of anilines is 1. The molecule has 90 valence electrons.